The van der Waals surface area contributed by atoms with Gasteiger partial charge < -0.3 is 9.84 Å². The van der Waals surface area contributed by atoms with Crippen molar-refractivity contribution in [1.82, 2.24) is 0 Å². The number of carboxylic acids is 1. The van der Waals surface area contributed by atoms with E-state index in [-0.39, 0.29) is 17.2 Å². The molecule has 106 valence electrons. The molecule has 0 aromatic carbocycles. The predicted molar refractivity (Wildman–Crippen MR) is 69.9 cm³/mol. The normalized spacial score (nSPS) is 11.0. The molecule has 0 radical (unpaired) electrons. The summed E-state index contributed by atoms with van der Waals surface area (Å²) in [6, 6.07) is 1.44. The molecule has 0 aliphatic carbocycles. The zero-order valence-electron chi connectivity index (χ0n) is 10.1. The average molecular weight is 307 g/mol. The maximum Gasteiger partial charge on any atom is 0.341 e. The summed E-state index contributed by atoms with van der Waals surface area (Å²) in [6.45, 7) is 1.82. The van der Waals surface area contributed by atoms with E-state index in [4.69, 9.17) is 9.84 Å². The van der Waals surface area contributed by atoms with Crippen molar-refractivity contribution in [3.63, 3.8) is 0 Å². The molecule has 0 saturated heterocycles. The van der Waals surface area contributed by atoms with E-state index in [2.05, 4.69) is 4.72 Å². The molecule has 0 fully saturated rings. The standard InChI is InChI=1S/C10H13NO6S2/c1-2-17-10(14)7-3-5-18-9(7)11-19(15,16)6-4-8(12)13/h3,5,11H,2,4,6H2,1H3,(H,12,13). The first-order valence-corrected chi connectivity index (χ1v) is 7.86. The minimum Gasteiger partial charge on any atom is -0.481 e. The molecule has 1 aromatic rings. The number of carbonyl (C=O) groups excluding carboxylic acids is 1. The lowest BCUT2D eigenvalue weighted by Crippen LogP contribution is -2.19. The van der Waals surface area contributed by atoms with Gasteiger partial charge in [-0.25, -0.2) is 13.2 Å². The van der Waals surface area contributed by atoms with Crippen LogP contribution in [0.2, 0.25) is 0 Å². The molecule has 2 N–H and O–H groups in total. The van der Waals surface area contributed by atoms with Gasteiger partial charge in [0.2, 0.25) is 10.0 Å². The highest BCUT2D eigenvalue weighted by atomic mass is 32.2. The summed E-state index contributed by atoms with van der Waals surface area (Å²) in [5, 5.41) is 10.1. The highest BCUT2D eigenvalue weighted by Crippen LogP contribution is 2.25. The topological polar surface area (TPSA) is 110 Å². The molecule has 9 heteroatoms. The smallest absolute Gasteiger partial charge is 0.341 e. The van der Waals surface area contributed by atoms with E-state index in [0.29, 0.717) is 0 Å². The van der Waals surface area contributed by atoms with Gasteiger partial charge in [0.1, 0.15) is 5.00 Å². The molecule has 0 unspecified atom stereocenters. The van der Waals surface area contributed by atoms with Crippen LogP contribution in [0, 0.1) is 0 Å². The lowest BCUT2D eigenvalue weighted by Gasteiger charge is -2.07. The Morgan fingerprint density at radius 2 is 2.16 bits per heavy atom. The van der Waals surface area contributed by atoms with Crippen LogP contribution in [0.15, 0.2) is 11.4 Å². The molecule has 1 rings (SSSR count). The van der Waals surface area contributed by atoms with Crippen molar-refractivity contribution < 1.29 is 27.9 Å². The van der Waals surface area contributed by atoms with Gasteiger partial charge in [-0.1, -0.05) is 0 Å². The van der Waals surface area contributed by atoms with Gasteiger partial charge in [-0.2, -0.15) is 0 Å². The molecule has 0 aliphatic heterocycles. The highest BCUT2D eigenvalue weighted by molar-refractivity contribution is 7.92. The zero-order valence-corrected chi connectivity index (χ0v) is 11.7. The molecule has 19 heavy (non-hydrogen) atoms. The Morgan fingerprint density at radius 3 is 2.74 bits per heavy atom. The monoisotopic (exact) mass is 307 g/mol. The molecule has 1 heterocycles. The molecule has 0 amide bonds. The third kappa shape index (κ3) is 4.87. The number of hydrogen-bond acceptors (Lipinski definition) is 6. The number of rotatable bonds is 7. The van der Waals surface area contributed by atoms with Crippen molar-refractivity contribution in [3.05, 3.63) is 17.0 Å². The second kappa shape index (κ2) is 6.53. The number of nitrogens with one attached hydrogen (secondary N) is 1. The fourth-order valence-corrected chi connectivity index (χ4v) is 3.30. The molecule has 0 aliphatic rings. The minimum atomic E-state index is -3.80. The molecule has 0 spiro atoms. The van der Waals surface area contributed by atoms with Crippen molar-refractivity contribution in [2.75, 3.05) is 17.1 Å². The van der Waals surface area contributed by atoms with Crippen molar-refractivity contribution in [3.8, 4) is 0 Å². The molecule has 0 bridgehead atoms. The molecular formula is C10H13NO6S2. The summed E-state index contributed by atoms with van der Waals surface area (Å²) in [7, 11) is -3.80. The molecule has 0 atom stereocenters. The largest absolute Gasteiger partial charge is 0.481 e. The Labute approximate surface area is 114 Å². The van der Waals surface area contributed by atoms with E-state index in [9.17, 15) is 18.0 Å². The van der Waals surface area contributed by atoms with Crippen LogP contribution in [0.4, 0.5) is 5.00 Å². The Kier molecular flexibility index (Phi) is 5.31. The van der Waals surface area contributed by atoms with E-state index in [0.717, 1.165) is 11.3 Å². The lowest BCUT2D eigenvalue weighted by atomic mass is 10.3. The molecule has 0 saturated carbocycles. The van der Waals surface area contributed by atoms with E-state index in [1.54, 1.807) is 12.3 Å². The summed E-state index contributed by atoms with van der Waals surface area (Å²) in [5.74, 6) is -2.38. The number of anilines is 1. The van der Waals surface area contributed by atoms with Crippen LogP contribution >= 0.6 is 11.3 Å². The van der Waals surface area contributed by atoms with Gasteiger partial charge in [0, 0.05) is 0 Å². The van der Waals surface area contributed by atoms with Gasteiger partial charge in [0.15, 0.2) is 0 Å². The third-order valence-corrected chi connectivity index (χ3v) is 4.21. The van der Waals surface area contributed by atoms with Crippen molar-refractivity contribution in [2.24, 2.45) is 0 Å². The number of ether oxygens (including phenoxy) is 1. The van der Waals surface area contributed by atoms with Crippen molar-refractivity contribution in [1.29, 1.82) is 0 Å². The van der Waals surface area contributed by atoms with E-state index >= 15 is 0 Å². The molecular weight excluding hydrogens is 294 g/mol. The Hall–Kier alpha value is -1.61. The van der Waals surface area contributed by atoms with Gasteiger partial charge in [0.05, 0.1) is 24.3 Å². The van der Waals surface area contributed by atoms with Crippen molar-refractivity contribution >= 4 is 38.3 Å². The summed E-state index contributed by atoms with van der Waals surface area (Å²) in [4.78, 5) is 21.9. The maximum atomic E-state index is 11.6. The number of carboxylic acid groups (broad SMARTS) is 1. The van der Waals surface area contributed by atoms with Gasteiger partial charge in [-0.15, -0.1) is 11.3 Å². The minimum absolute atomic E-state index is 0.116. The number of esters is 1. The van der Waals surface area contributed by atoms with Gasteiger partial charge in [0.25, 0.3) is 0 Å². The summed E-state index contributed by atoms with van der Waals surface area (Å²) in [5.41, 5.74) is 0.116. The quantitative estimate of drug-likeness (QED) is 0.731. The molecule has 1 aromatic heterocycles. The summed E-state index contributed by atoms with van der Waals surface area (Å²) < 4.78 is 30.2. The molecule has 7 nitrogen and oxygen atoms in total. The first kappa shape index (κ1) is 15.4. The Balaban J connectivity index is 2.80. The van der Waals surface area contributed by atoms with Crippen LogP contribution in [0.25, 0.3) is 0 Å². The highest BCUT2D eigenvalue weighted by Gasteiger charge is 2.19. The Bertz CT molecular complexity index is 562. The van der Waals surface area contributed by atoms with Crippen molar-refractivity contribution in [2.45, 2.75) is 13.3 Å². The fraction of sp³-hybridized carbons (Fsp3) is 0.400. The number of carbonyl (C=O) groups is 2. The Morgan fingerprint density at radius 1 is 1.47 bits per heavy atom. The van der Waals surface area contributed by atoms with Crippen LogP contribution in [-0.4, -0.2) is 37.8 Å². The van der Waals surface area contributed by atoms with Crippen LogP contribution in [0.3, 0.4) is 0 Å². The average Bonchev–Trinajstić information content (AvgIpc) is 2.74. The predicted octanol–water partition coefficient (Wildman–Crippen LogP) is 1.14. The van der Waals surface area contributed by atoms with Crippen LogP contribution in [-0.2, 0) is 19.6 Å². The lowest BCUT2D eigenvalue weighted by molar-refractivity contribution is -0.136. The van der Waals surface area contributed by atoms with E-state index < -0.39 is 34.1 Å². The summed E-state index contributed by atoms with van der Waals surface area (Å²) >= 11 is 1.03. The number of hydrogen-bond donors (Lipinski definition) is 2. The second-order valence-corrected chi connectivity index (χ2v) is 6.21. The first-order valence-electron chi connectivity index (χ1n) is 5.32. The number of thiophene rings is 1. The summed E-state index contributed by atoms with van der Waals surface area (Å²) in [6.07, 6.45) is -0.505. The number of sulfonamides is 1. The van der Waals surface area contributed by atoms with Gasteiger partial charge in [-0.05, 0) is 18.4 Å². The van der Waals surface area contributed by atoms with E-state index in [1.165, 1.54) is 6.07 Å². The van der Waals surface area contributed by atoms with Crippen LogP contribution in [0.5, 0.6) is 0 Å². The zero-order chi connectivity index (χ0) is 14.5. The second-order valence-electron chi connectivity index (χ2n) is 3.45. The first-order chi connectivity index (χ1) is 8.85. The third-order valence-electron chi connectivity index (χ3n) is 1.99. The number of aliphatic carboxylic acids is 1. The van der Waals surface area contributed by atoms with E-state index in [1.807, 2.05) is 0 Å². The van der Waals surface area contributed by atoms with Crippen LogP contribution < -0.4 is 4.72 Å². The van der Waals surface area contributed by atoms with Gasteiger partial charge in [-0.3, -0.25) is 9.52 Å². The maximum absolute atomic E-state index is 11.6. The SMILES string of the molecule is CCOC(=O)c1ccsc1NS(=O)(=O)CCC(=O)O. The van der Waals surface area contributed by atoms with Crippen LogP contribution in [0.1, 0.15) is 23.7 Å². The van der Waals surface area contributed by atoms with Gasteiger partial charge >= 0.3 is 11.9 Å². The fourth-order valence-electron chi connectivity index (χ4n) is 1.17.